The van der Waals surface area contributed by atoms with Crippen molar-refractivity contribution >= 4 is 5.84 Å². The highest BCUT2D eigenvalue weighted by atomic mass is 16.5. The van der Waals surface area contributed by atoms with E-state index in [0.29, 0.717) is 13.0 Å². The van der Waals surface area contributed by atoms with Gasteiger partial charge in [0, 0.05) is 6.42 Å². The Morgan fingerprint density at radius 1 is 1.35 bits per heavy atom. The third kappa shape index (κ3) is 4.76. The summed E-state index contributed by atoms with van der Waals surface area (Å²) in [5, 5.41) is 11.3. The van der Waals surface area contributed by atoms with E-state index >= 15 is 0 Å². The molecule has 0 saturated heterocycles. The molecule has 17 heavy (non-hydrogen) atoms. The van der Waals surface area contributed by atoms with Gasteiger partial charge in [-0.05, 0) is 38.3 Å². The number of ether oxygens (including phenoxy) is 1. The molecule has 94 valence electrons. The summed E-state index contributed by atoms with van der Waals surface area (Å²) in [7, 11) is 0. The van der Waals surface area contributed by atoms with Crippen molar-refractivity contribution in [2.45, 2.75) is 33.1 Å². The van der Waals surface area contributed by atoms with Crippen LogP contribution in [0.25, 0.3) is 0 Å². The van der Waals surface area contributed by atoms with Crippen LogP contribution in [0.5, 0.6) is 5.75 Å². The molecule has 3 N–H and O–H groups in total. The fourth-order valence-corrected chi connectivity index (χ4v) is 1.60. The molecule has 0 atom stereocenters. The molecule has 0 aliphatic rings. The van der Waals surface area contributed by atoms with Crippen LogP contribution in [0.1, 0.15) is 30.4 Å². The third-order valence-electron chi connectivity index (χ3n) is 2.54. The van der Waals surface area contributed by atoms with Crippen LogP contribution < -0.4 is 10.5 Å². The second kappa shape index (κ2) is 6.78. The predicted molar refractivity (Wildman–Crippen MR) is 68.7 cm³/mol. The van der Waals surface area contributed by atoms with Gasteiger partial charge in [0.05, 0.1) is 6.61 Å². The molecular formula is C13H20N2O2. The first-order valence-electron chi connectivity index (χ1n) is 5.80. The van der Waals surface area contributed by atoms with Gasteiger partial charge in [-0.2, -0.15) is 0 Å². The summed E-state index contributed by atoms with van der Waals surface area (Å²) < 4.78 is 5.66. The van der Waals surface area contributed by atoms with E-state index in [4.69, 9.17) is 15.7 Å². The van der Waals surface area contributed by atoms with Gasteiger partial charge in [0.25, 0.3) is 0 Å². The molecule has 0 aliphatic heterocycles. The Kier molecular flexibility index (Phi) is 5.33. The predicted octanol–water partition coefficient (Wildman–Crippen LogP) is 2.60. The van der Waals surface area contributed by atoms with Crippen molar-refractivity contribution in [2.75, 3.05) is 6.61 Å². The van der Waals surface area contributed by atoms with Crippen LogP contribution in [-0.4, -0.2) is 17.6 Å². The first-order valence-corrected chi connectivity index (χ1v) is 5.80. The number of aryl methyl sites for hydroxylation is 2. The summed E-state index contributed by atoms with van der Waals surface area (Å²) in [6.07, 6.45) is 2.36. The van der Waals surface area contributed by atoms with Gasteiger partial charge in [-0.15, -0.1) is 0 Å². The van der Waals surface area contributed by atoms with Crippen molar-refractivity contribution in [2.24, 2.45) is 10.9 Å². The van der Waals surface area contributed by atoms with E-state index in [-0.39, 0.29) is 5.84 Å². The first-order chi connectivity index (χ1) is 8.13. The maximum Gasteiger partial charge on any atom is 0.139 e. The van der Waals surface area contributed by atoms with Gasteiger partial charge in [0.15, 0.2) is 0 Å². The summed E-state index contributed by atoms with van der Waals surface area (Å²) in [5.41, 5.74) is 7.76. The standard InChI is InChI=1S/C13H20N2O2/c1-10-6-7-12(11(2)9-10)17-8-4-3-5-13(14)15-16/h6-7,9,16H,3-5,8H2,1-2H3,(H2,14,15). The van der Waals surface area contributed by atoms with E-state index in [1.807, 2.05) is 19.1 Å². The average molecular weight is 236 g/mol. The van der Waals surface area contributed by atoms with Crippen LogP contribution in [0.15, 0.2) is 23.4 Å². The van der Waals surface area contributed by atoms with Crippen LogP contribution in [0, 0.1) is 13.8 Å². The number of benzene rings is 1. The van der Waals surface area contributed by atoms with Crippen LogP contribution in [-0.2, 0) is 0 Å². The first kappa shape index (κ1) is 13.4. The molecule has 1 aromatic carbocycles. The topological polar surface area (TPSA) is 67.8 Å². The Bertz CT molecular complexity index is 389. The molecule has 0 fully saturated rings. The summed E-state index contributed by atoms with van der Waals surface area (Å²) in [6.45, 7) is 4.76. The highest BCUT2D eigenvalue weighted by Crippen LogP contribution is 2.18. The second-order valence-corrected chi connectivity index (χ2v) is 4.17. The largest absolute Gasteiger partial charge is 0.493 e. The SMILES string of the molecule is Cc1ccc(OCCCCC(N)=NO)c(C)c1. The molecule has 0 spiro atoms. The highest BCUT2D eigenvalue weighted by Gasteiger charge is 1.99. The molecular weight excluding hydrogens is 216 g/mol. The zero-order valence-electron chi connectivity index (χ0n) is 10.4. The van der Waals surface area contributed by atoms with Crippen LogP contribution >= 0.6 is 0 Å². The van der Waals surface area contributed by atoms with Crippen LogP contribution in [0.3, 0.4) is 0 Å². The minimum Gasteiger partial charge on any atom is -0.493 e. The molecule has 0 radical (unpaired) electrons. The van der Waals surface area contributed by atoms with Crippen molar-refractivity contribution in [1.82, 2.24) is 0 Å². The average Bonchev–Trinajstić information content (AvgIpc) is 2.30. The normalized spacial score (nSPS) is 11.5. The molecule has 4 nitrogen and oxygen atoms in total. The maximum atomic E-state index is 8.36. The summed E-state index contributed by atoms with van der Waals surface area (Å²) in [6, 6.07) is 6.14. The fraction of sp³-hybridized carbons (Fsp3) is 0.462. The minimum atomic E-state index is 0.275. The summed E-state index contributed by atoms with van der Waals surface area (Å²) in [4.78, 5) is 0. The Morgan fingerprint density at radius 2 is 2.12 bits per heavy atom. The molecule has 0 aliphatic carbocycles. The molecule has 0 unspecified atom stereocenters. The van der Waals surface area contributed by atoms with Gasteiger partial charge < -0.3 is 15.7 Å². The van der Waals surface area contributed by atoms with Crippen molar-refractivity contribution < 1.29 is 9.94 Å². The molecule has 0 bridgehead atoms. The lowest BCUT2D eigenvalue weighted by molar-refractivity contribution is 0.303. The van der Waals surface area contributed by atoms with Crippen molar-refractivity contribution in [3.63, 3.8) is 0 Å². The lowest BCUT2D eigenvalue weighted by Gasteiger charge is -2.09. The number of rotatable bonds is 6. The summed E-state index contributed by atoms with van der Waals surface area (Å²) in [5.74, 6) is 1.20. The Morgan fingerprint density at radius 3 is 2.76 bits per heavy atom. The van der Waals surface area contributed by atoms with Crippen molar-refractivity contribution in [3.05, 3.63) is 29.3 Å². The number of unbranched alkanes of at least 4 members (excludes halogenated alkanes) is 1. The number of oxime groups is 1. The van der Waals surface area contributed by atoms with Crippen LogP contribution in [0.2, 0.25) is 0 Å². The highest BCUT2D eigenvalue weighted by molar-refractivity contribution is 5.79. The number of amidine groups is 1. The third-order valence-corrected chi connectivity index (χ3v) is 2.54. The monoisotopic (exact) mass is 236 g/mol. The van der Waals surface area contributed by atoms with Crippen molar-refractivity contribution in [3.8, 4) is 5.75 Å². The van der Waals surface area contributed by atoms with Gasteiger partial charge in [-0.3, -0.25) is 0 Å². The molecule has 1 rings (SSSR count). The fourth-order valence-electron chi connectivity index (χ4n) is 1.60. The molecule has 4 heteroatoms. The molecule has 0 amide bonds. The number of nitrogens with two attached hydrogens (primary N) is 1. The smallest absolute Gasteiger partial charge is 0.139 e. The molecule has 0 saturated carbocycles. The zero-order valence-corrected chi connectivity index (χ0v) is 10.4. The van der Waals surface area contributed by atoms with Gasteiger partial charge in [-0.25, -0.2) is 0 Å². The van der Waals surface area contributed by atoms with Gasteiger partial charge in [0.1, 0.15) is 11.6 Å². The quantitative estimate of drug-likeness (QED) is 0.262. The van der Waals surface area contributed by atoms with Crippen molar-refractivity contribution in [1.29, 1.82) is 0 Å². The Balaban J connectivity index is 2.27. The lowest BCUT2D eigenvalue weighted by Crippen LogP contribution is -2.11. The Hall–Kier alpha value is -1.71. The molecule has 0 heterocycles. The van der Waals surface area contributed by atoms with Crippen LogP contribution in [0.4, 0.5) is 0 Å². The van der Waals surface area contributed by atoms with Gasteiger partial charge >= 0.3 is 0 Å². The summed E-state index contributed by atoms with van der Waals surface area (Å²) >= 11 is 0. The molecule has 0 aromatic heterocycles. The van der Waals surface area contributed by atoms with E-state index < -0.39 is 0 Å². The van der Waals surface area contributed by atoms with E-state index in [1.54, 1.807) is 0 Å². The minimum absolute atomic E-state index is 0.275. The van der Waals surface area contributed by atoms with E-state index in [2.05, 4.69) is 18.1 Å². The van der Waals surface area contributed by atoms with E-state index in [0.717, 1.165) is 24.2 Å². The van der Waals surface area contributed by atoms with Gasteiger partial charge in [-0.1, -0.05) is 22.9 Å². The Labute approximate surface area is 102 Å². The van der Waals surface area contributed by atoms with E-state index in [9.17, 15) is 0 Å². The number of hydrogen-bond acceptors (Lipinski definition) is 3. The second-order valence-electron chi connectivity index (χ2n) is 4.17. The molecule has 1 aromatic rings. The zero-order chi connectivity index (χ0) is 12.7. The maximum absolute atomic E-state index is 8.36. The number of hydrogen-bond donors (Lipinski definition) is 2. The van der Waals surface area contributed by atoms with Gasteiger partial charge in [0.2, 0.25) is 0 Å². The van der Waals surface area contributed by atoms with E-state index in [1.165, 1.54) is 5.56 Å². The lowest BCUT2D eigenvalue weighted by atomic mass is 10.1. The number of nitrogens with zero attached hydrogens (tertiary/aromatic N) is 1.